The molecule has 3 aromatic rings. The van der Waals surface area contributed by atoms with E-state index in [2.05, 4.69) is 4.98 Å². The molecule has 8 nitrogen and oxygen atoms in total. The number of carbonyl (C=O) groups is 1. The van der Waals surface area contributed by atoms with Crippen LogP contribution in [0.3, 0.4) is 0 Å². The molecule has 0 amide bonds. The van der Waals surface area contributed by atoms with Crippen molar-refractivity contribution in [2.24, 2.45) is 5.92 Å². The number of allylic oxidation sites excluding steroid dienone is 1. The standard InChI is InChI=1S/C33H38N4O4/c1-33(2,3)41-32(38)26-18-20-37(21-19-26)29(35)16-15-28(34)27-14-17-30(39-22-24-10-6-4-7-11-24)36-31(27)40-23-25-12-8-5-9-13-25/h4-17,26,34-35H,18-23H2,1-3H3/b16-15-,34-28?,35-29?. The first kappa shape index (κ1) is 29.5. The van der Waals surface area contributed by atoms with Gasteiger partial charge in [-0.1, -0.05) is 60.7 Å². The molecule has 2 heterocycles. The van der Waals surface area contributed by atoms with E-state index in [1.807, 2.05) is 86.3 Å². The van der Waals surface area contributed by atoms with E-state index in [0.29, 0.717) is 62.3 Å². The first-order chi connectivity index (χ1) is 19.7. The molecule has 1 aliphatic heterocycles. The molecule has 0 saturated carbocycles. The minimum absolute atomic E-state index is 0.154. The van der Waals surface area contributed by atoms with Crippen molar-refractivity contribution in [3.05, 3.63) is 102 Å². The molecule has 41 heavy (non-hydrogen) atoms. The van der Waals surface area contributed by atoms with Gasteiger partial charge in [-0.25, -0.2) is 0 Å². The maximum Gasteiger partial charge on any atom is 0.309 e. The van der Waals surface area contributed by atoms with Crippen LogP contribution in [-0.2, 0) is 22.7 Å². The minimum Gasteiger partial charge on any atom is -0.473 e. The summed E-state index contributed by atoms with van der Waals surface area (Å²) in [6.45, 7) is 7.44. The van der Waals surface area contributed by atoms with E-state index >= 15 is 0 Å². The highest BCUT2D eigenvalue weighted by atomic mass is 16.6. The van der Waals surface area contributed by atoms with Crippen molar-refractivity contribution < 1.29 is 19.0 Å². The Morgan fingerprint density at radius 2 is 1.46 bits per heavy atom. The molecule has 2 aromatic carbocycles. The average molecular weight is 555 g/mol. The fourth-order valence-electron chi connectivity index (χ4n) is 4.37. The van der Waals surface area contributed by atoms with Gasteiger partial charge in [0.15, 0.2) is 0 Å². The summed E-state index contributed by atoms with van der Waals surface area (Å²) in [6.07, 6.45) is 4.46. The van der Waals surface area contributed by atoms with Gasteiger partial charge in [-0.15, -0.1) is 0 Å². The van der Waals surface area contributed by atoms with Gasteiger partial charge in [0, 0.05) is 19.2 Å². The third-order valence-corrected chi connectivity index (χ3v) is 6.56. The number of nitrogens with zero attached hydrogens (tertiary/aromatic N) is 2. The van der Waals surface area contributed by atoms with E-state index in [4.69, 9.17) is 25.0 Å². The lowest BCUT2D eigenvalue weighted by molar-refractivity contribution is -0.161. The first-order valence-corrected chi connectivity index (χ1v) is 13.9. The number of nitrogens with one attached hydrogen (secondary N) is 2. The van der Waals surface area contributed by atoms with Crippen LogP contribution in [-0.4, -0.2) is 46.1 Å². The lowest BCUT2D eigenvalue weighted by atomic mass is 9.96. The van der Waals surface area contributed by atoms with E-state index in [-0.39, 0.29) is 17.6 Å². The van der Waals surface area contributed by atoms with Gasteiger partial charge in [-0.3, -0.25) is 10.2 Å². The fraction of sp³-hybridized carbons (Fsp3) is 0.333. The van der Waals surface area contributed by atoms with E-state index in [1.165, 1.54) is 0 Å². The Labute approximate surface area is 242 Å². The van der Waals surface area contributed by atoms with Crippen LogP contribution in [0.15, 0.2) is 84.9 Å². The van der Waals surface area contributed by atoms with Crippen LogP contribution in [0.2, 0.25) is 0 Å². The number of likely N-dealkylation sites (tertiary alicyclic amines) is 1. The molecule has 2 N–H and O–H groups in total. The fourth-order valence-corrected chi connectivity index (χ4v) is 4.37. The predicted octanol–water partition coefficient (Wildman–Crippen LogP) is 6.19. The van der Waals surface area contributed by atoms with Crippen molar-refractivity contribution in [1.29, 1.82) is 10.8 Å². The van der Waals surface area contributed by atoms with Gasteiger partial charge in [0.25, 0.3) is 0 Å². The summed E-state index contributed by atoms with van der Waals surface area (Å²) in [7, 11) is 0. The van der Waals surface area contributed by atoms with Gasteiger partial charge in [0.2, 0.25) is 11.8 Å². The van der Waals surface area contributed by atoms with Crippen LogP contribution < -0.4 is 9.47 Å². The number of benzene rings is 2. The van der Waals surface area contributed by atoms with Crippen LogP contribution in [0.1, 0.15) is 50.3 Å². The second kappa shape index (κ2) is 13.7. The van der Waals surface area contributed by atoms with E-state index < -0.39 is 5.60 Å². The van der Waals surface area contributed by atoms with Gasteiger partial charge < -0.3 is 24.5 Å². The Balaban J connectivity index is 1.40. The van der Waals surface area contributed by atoms with Crippen LogP contribution >= 0.6 is 0 Å². The van der Waals surface area contributed by atoms with Gasteiger partial charge in [-0.2, -0.15) is 4.98 Å². The highest BCUT2D eigenvalue weighted by Gasteiger charge is 2.29. The molecule has 0 radical (unpaired) electrons. The smallest absolute Gasteiger partial charge is 0.309 e. The second-order valence-electron chi connectivity index (χ2n) is 11.0. The Hall–Kier alpha value is -4.46. The minimum atomic E-state index is -0.505. The molecule has 0 atom stereocenters. The first-order valence-electron chi connectivity index (χ1n) is 13.9. The van der Waals surface area contributed by atoms with E-state index in [0.717, 1.165) is 11.1 Å². The molecule has 1 saturated heterocycles. The van der Waals surface area contributed by atoms with Crippen molar-refractivity contribution in [3.8, 4) is 11.8 Å². The van der Waals surface area contributed by atoms with Crippen LogP contribution in [0, 0.1) is 16.7 Å². The highest BCUT2D eigenvalue weighted by Crippen LogP contribution is 2.24. The zero-order chi connectivity index (χ0) is 29.2. The van der Waals surface area contributed by atoms with Gasteiger partial charge >= 0.3 is 5.97 Å². The molecule has 214 valence electrons. The number of amidine groups is 1. The van der Waals surface area contributed by atoms with E-state index in [1.54, 1.807) is 24.3 Å². The van der Waals surface area contributed by atoms with Crippen LogP contribution in [0.5, 0.6) is 11.8 Å². The number of hydrogen-bond donors (Lipinski definition) is 2. The van der Waals surface area contributed by atoms with E-state index in [9.17, 15) is 4.79 Å². The third-order valence-electron chi connectivity index (χ3n) is 6.56. The lowest BCUT2D eigenvalue weighted by Gasteiger charge is -2.33. The van der Waals surface area contributed by atoms with Crippen LogP contribution in [0.4, 0.5) is 0 Å². The molecule has 4 rings (SSSR count). The van der Waals surface area contributed by atoms with Gasteiger partial charge in [0.1, 0.15) is 24.7 Å². The zero-order valence-corrected chi connectivity index (χ0v) is 23.9. The van der Waals surface area contributed by atoms with Gasteiger partial charge in [0.05, 0.1) is 17.2 Å². The van der Waals surface area contributed by atoms with Crippen molar-refractivity contribution in [2.45, 2.75) is 52.4 Å². The van der Waals surface area contributed by atoms with Crippen LogP contribution in [0.25, 0.3) is 0 Å². The summed E-state index contributed by atoms with van der Waals surface area (Å²) >= 11 is 0. The number of esters is 1. The molecule has 8 heteroatoms. The Bertz CT molecular complexity index is 1360. The Morgan fingerprint density at radius 3 is 2.05 bits per heavy atom. The summed E-state index contributed by atoms with van der Waals surface area (Å²) in [5.41, 5.74) is 2.17. The predicted molar refractivity (Wildman–Crippen MR) is 160 cm³/mol. The molecular formula is C33H38N4O4. The molecule has 1 aliphatic rings. The number of rotatable bonds is 10. The van der Waals surface area contributed by atoms with Gasteiger partial charge in [-0.05, 0) is 63.0 Å². The summed E-state index contributed by atoms with van der Waals surface area (Å²) in [6, 6.07) is 23.1. The summed E-state index contributed by atoms with van der Waals surface area (Å²) in [4.78, 5) is 18.9. The lowest BCUT2D eigenvalue weighted by Crippen LogP contribution is -2.41. The quantitative estimate of drug-likeness (QED) is 0.176. The summed E-state index contributed by atoms with van der Waals surface area (Å²) < 4.78 is 17.5. The molecular weight excluding hydrogens is 516 g/mol. The monoisotopic (exact) mass is 554 g/mol. The number of carbonyl (C=O) groups excluding carboxylic acids is 1. The molecule has 0 unspecified atom stereocenters. The van der Waals surface area contributed by atoms with Crippen molar-refractivity contribution in [2.75, 3.05) is 13.1 Å². The van der Waals surface area contributed by atoms with Crippen molar-refractivity contribution in [1.82, 2.24) is 9.88 Å². The summed E-state index contributed by atoms with van der Waals surface area (Å²) in [5, 5.41) is 17.2. The SMILES string of the molecule is CC(C)(C)OC(=O)C1CCN(C(=N)/C=C\C(=N)c2ccc(OCc3ccccc3)nc2OCc2ccccc2)CC1. The number of pyridine rings is 1. The van der Waals surface area contributed by atoms with Crippen molar-refractivity contribution >= 4 is 17.5 Å². The second-order valence-corrected chi connectivity index (χ2v) is 11.0. The number of hydrogen-bond acceptors (Lipinski definition) is 7. The maximum atomic E-state index is 12.4. The molecule has 0 bridgehead atoms. The Morgan fingerprint density at radius 1 is 0.878 bits per heavy atom. The average Bonchev–Trinajstić information content (AvgIpc) is 2.98. The highest BCUT2D eigenvalue weighted by molar-refractivity contribution is 6.10. The molecule has 1 aromatic heterocycles. The Kier molecular flexibility index (Phi) is 9.90. The zero-order valence-electron chi connectivity index (χ0n) is 23.9. The number of aromatic nitrogens is 1. The third kappa shape index (κ3) is 9.03. The normalized spacial score (nSPS) is 14.1. The molecule has 0 spiro atoms. The summed E-state index contributed by atoms with van der Waals surface area (Å²) in [5.74, 6) is 0.656. The topological polar surface area (TPSA) is 109 Å². The molecule has 1 fully saturated rings. The number of piperidine rings is 1. The maximum absolute atomic E-state index is 12.4. The number of ether oxygens (including phenoxy) is 3. The largest absolute Gasteiger partial charge is 0.473 e. The molecule has 0 aliphatic carbocycles. The van der Waals surface area contributed by atoms with Crippen molar-refractivity contribution in [3.63, 3.8) is 0 Å².